The fourth-order valence-electron chi connectivity index (χ4n) is 2.91. The van der Waals surface area contributed by atoms with Gasteiger partial charge in [-0.25, -0.2) is 4.79 Å². The second-order valence-corrected chi connectivity index (χ2v) is 6.62. The number of aliphatic carboxylic acids is 1. The number of aliphatic hydroxyl groups is 1. The van der Waals surface area contributed by atoms with Crippen LogP contribution in [0.2, 0.25) is 0 Å². The number of hydrogen-bond donors (Lipinski definition) is 4. The van der Waals surface area contributed by atoms with Crippen molar-refractivity contribution >= 4 is 5.97 Å². The maximum atomic E-state index is 10.2. The fourth-order valence-corrected chi connectivity index (χ4v) is 2.91. The van der Waals surface area contributed by atoms with Crippen molar-refractivity contribution in [3.8, 4) is 11.5 Å². The van der Waals surface area contributed by atoms with Gasteiger partial charge in [-0.15, -0.1) is 0 Å². The zero-order chi connectivity index (χ0) is 21.3. The molecule has 3 aromatic rings. The van der Waals surface area contributed by atoms with E-state index >= 15 is 0 Å². The van der Waals surface area contributed by atoms with Crippen LogP contribution in [0.3, 0.4) is 0 Å². The van der Waals surface area contributed by atoms with E-state index in [0.29, 0.717) is 18.8 Å². The minimum atomic E-state index is -1.41. The van der Waals surface area contributed by atoms with Crippen LogP contribution in [-0.2, 0) is 11.4 Å². The topological polar surface area (TPSA) is 108 Å². The summed E-state index contributed by atoms with van der Waals surface area (Å²) in [5.41, 5.74) is 4.71. The van der Waals surface area contributed by atoms with Gasteiger partial charge in [0.2, 0.25) is 0 Å². The molecule has 0 aliphatic carbocycles. The van der Waals surface area contributed by atoms with E-state index in [1.54, 1.807) is 30.3 Å². The molecule has 7 nitrogen and oxygen atoms in total. The lowest BCUT2D eigenvalue weighted by atomic mass is 10.1. The molecule has 156 valence electrons. The summed E-state index contributed by atoms with van der Waals surface area (Å²) in [5, 5.41) is 26.4. The smallest absolute Gasteiger partial charge is 0.337 e. The maximum Gasteiger partial charge on any atom is 0.337 e. The summed E-state index contributed by atoms with van der Waals surface area (Å²) in [4.78, 5) is 10.2. The van der Waals surface area contributed by atoms with E-state index in [2.05, 4.69) is 5.48 Å². The lowest BCUT2D eigenvalue weighted by Gasteiger charge is -2.08. The molecule has 4 rings (SSSR count). The van der Waals surface area contributed by atoms with Crippen LogP contribution in [0, 0.1) is 0 Å². The van der Waals surface area contributed by atoms with Gasteiger partial charge in [0.15, 0.2) is 6.10 Å². The van der Waals surface area contributed by atoms with Crippen LogP contribution in [0.5, 0.6) is 11.5 Å². The Balaban J connectivity index is 0.000000199. The maximum absolute atomic E-state index is 10.2. The highest BCUT2D eigenvalue weighted by molar-refractivity contribution is 5.73. The first-order valence-electron chi connectivity index (χ1n) is 9.37. The van der Waals surface area contributed by atoms with Gasteiger partial charge in [-0.05, 0) is 23.3 Å². The summed E-state index contributed by atoms with van der Waals surface area (Å²) in [6.45, 7) is 0.968. The summed E-state index contributed by atoms with van der Waals surface area (Å²) in [7, 11) is 0. The predicted molar refractivity (Wildman–Crippen MR) is 109 cm³/mol. The van der Waals surface area contributed by atoms with Gasteiger partial charge in [0.05, 0.1) is 6.04 Å². The van der Waals surface area contributed by atoms with Crippen LogP contribution in [0.15, 0.2) is 78.9 Å². The van der Waals surface area contributed by atoms with Crippen LogP contribution in [0.4, 0.5) is 0 Å². The van der Waals surface area contributed by atoms with Gasteiger partial charge in [-0.2, -0.15) is 5.48 Å². The molecular weight excluding hydrogens is 386 g/mol. The summed E-state index contributed by atoms with van der Waals surface area (Å²) in [6, 6.07) is 23.8. The number of fused-ring (bicyclic) bond motifs is 1. The minimum Gasteiger partial charge on any atom is -0.491 e. The first kappa shape index (κ1) is 21.3. The molecule has 2 atom stereocenters. The fraction of sp³-hybridized carbons (Fsp3) is 0.174. The molecule has 0 saturated heterocycles. The molecule has 7 heteroatoms. The van der Waals surface area contributed by atoms with Gasteiger partial charge in [-0.3, -0.25) is 0 Å². The molecule has 3 aromatic carbocycles. The third-order valence-corrected chi connectivity index (χ3v) is 4.52. The van der Waals surface area contributed by atoms with E-state index in [4.69, 9.17) is 24.9 Å². The Morgan fingerprint density at radius 3 is 2.37 bits per heavy atom. The van der Waals surface area contributed by atoms with E-state index in [9.17, 15) is 4.79 Å². The van der Waals surface area contributed by atoms with Crippen molar-refractivity contribution in [1.29, 1.82) is 0 Å². The third-order valence-electron chi connectivity index (χ3n) is 4.52. The summed E-state index contributed by atoms with van der Waals surface area (Å²) >= 11 is 0. The molecule has 0 saturated carbocycles. The quantitative estimate of drug-likeness (QED) is 0.462. The Labute approximate surface area is 174 Å². The molecule has 0 fully saturated rings. The number of aliphatic hydroxyl groups excluding tert-OH is 1. The number of carboxylic acid groups (broad SMARTS) is 1. The highest BCUT2D eigenvalue weighted by atomic mass is 16.5. The van der Waals surface area contributed by atoms with Crippen LogP contribution in [-0.4, -0.2) is 28.0 Å². The van der Waals surface area contributed by atoms with Crippen molar-refractivity contribution in [2.45, 2.75) is 18.8 Å². The molecule has 1 aliphatic rings. The van der Waals surface area contributed by atoms with Crippen LogP contribution < -0.4 is 15.0 Å². The second kappa shape index (κ2) is 10.4. The van der Waals surface area contributed by atoms with Crippen LogP contribution >= 0.6 is 0 Å². The molecule has 1 aliphatic heterocycles. The van der Waals surface area contributed by atoms with Gasteiger partial charge in [0, 0.05) is 11.6 Å². The van der Waals surface area contributed by atoms with Gasteiger partial charge >= 0.3 is 5.97 Å². The van der Waals surface area contributed by atoms with Gasteiger partial charge < -0.3 is 24.9 Å². The monoisotopic (exact) mass is 409 g/mol. The van der Waals surface area contributed by atoms with E-state index in [1.165, 1.54) is 0 Å². The second-order valence-electron chi connectivity index (χ2n) is 6.62. The van der Waals surface area contributed by atoms with Crippen LogP contribution in [0.25, 0.3) is 0 Å². The Morgan fingerprint density at radius 2 is 1.73 bits per heavy atom. The van der Waals surface area contributed by atoms with E-state index in [0.717, 1.165) is 22.6 Å². The van der Waals surface area contributed by atoms with Crippen molar-refractivity contribution in [2.24, 2.45) is 0 Å². The van der Waals surface area contributed by atoms with Crippen molar-refractivity contribution in [3.63, 3.8) is 0 Å². The molecule has 0 unspecified atom stereocenters. The third kappa shape index (κ3) is 5.57. The van der Waals surface area contributed by atoms with E-state index in [1.807, 2.05) is 48.5 Å². The number of hydrogen-bond acceptors (Lipinski definition) is 6. The molecule has 0 radical (unpaired) electrons. The lowest BCUT2D eigenvalue weighted by molar-refractivity contribution is -0.146. The number of carboxylic acids is 1. The molecule has 0 amide bonds. The highest BCUT2D eigenvalue weighted by Crippen LogP contribution is 2.35. The largest absolute Gasteiger partial charge is 0.491 e. The van der Waals surface area contributed by atoms with Crippen LogP contribution in [0.1, 0.15) is 28.8 Å². The van der Waals surface area contributed by atoms with Crippen molar-refractivity contribution in [1.82, 2.24) is 5.48 Å². The summed E-state index contributed by atoms with van der Waals surface area (Å²) in [6.07, 6.45) is -1.41. The van der Waals surface area contributed by atoms with Crippen molar-refractivity contribution in [2.75, 3.05) is 6.61 Å². The highest BCUT2D eigenvalue weighted by Gasteiger charge is 2.23. The number of carbonyl (C=O) groups is 1. The average molecular weight is 409 g/mol. The zero-order valence-electron chi connectivity index (χ0n) is 16.1. The number of hydroxylamine groups is 1. The number of nitrogens with one attached hydrogen (secondary N) is 1. The molecule has 0 bridgehead atoms. The zero-order valence-corrected chi connectivity index (χ0v) is 16.1. The normalized spacial score (nSPS) is 15.2. The number of benzene rings is 3. The van der Waals surface area contributed by atoms with Gasteiger partial charge in [-0.1, -0.05) is 60.7 Å². The SMILES string of the molecule is O=C(O)[C@H](O)c1ccccc1.ON[C@@H]1COc2cc(OCc3ccccc3)ccc21. The van der Waals surface area contributed by atoms with E-state index in [-0.39, 0.29) is 6.04 Å². The van der Waals surface area contributed by atoms with Crippen molar-refractivity contribution < 1.29 is 29.7 Å². The first-order chi connectivity index (χ1) is 14.6. The Bertz CT molecular complexity index is 948. The molecule has 30 heavy (non-hydrogen) atoms. The molecule has 0 aromatic heterocycles. The number of ether oxygens (including phenoxy) is 2. The Hall–Kier alpha value is -3.39. The standard InChI is InChI=1S/C15H15NO3.C8H8O3/c17-16-14-10-19-15-8-12(6-7-13(14)15)18-9-11-4-2-1-3-5-11;9-7(8(10)11)6-4-2-1-3-5-6/h1-8,14,16-17H,9-10H2;1-5,7,9H,(H,10,11)/t14-;7-/m11/s1. The molecule has 0 spiro atoms. The summed E-state index contributed by atoms with van der Waals surface area (Å²) in [5.74, 6) is 0.300. The molecule has 4 N–H and O–H groups in total. The van der Waals surface area contributed by atoms with E-state index < -0.39 is 12.1 Å². The molecule has 1 heterocycles. The lowest BCUT2D eigenvalue weighted by Crippen LogP contribution is -2.17. The number of rotatable bonds is 6. The summed E-state index contributed by atoms with van der Waals surface area (Å²) < 4.78 is 11.2. The minimum absolute atomic E-state index is 0.154. The predicted octanol–water partition coefficient (Wildman–Crippen LogP) is 3.48. The first-order valence-corrected chi connectivity index (χ1v) is 9.37. The average Bonchev–Trinajstić information content (AvgIpc) is 3.21. The molecular formula is C23H23NO6. The Kier molecular flexibility index (Phi) is 7.40. The van der Waals surface area contributed by atoms with Gasteiger partial charge in [0.1, 0.15) is 24.7 Å². The Morgan fingerprint density at radius 1 is 1.07 bits per heavy atom. The van der Waals surface area contributed by atoms with Crippen molar-refractivity contribution in [3.05, 3.63) is 95.6 Å². The van der Waals surface area contributed by atoms with Gasteiger partial charge in [0.25, 0.3) is 0 Å².